The Balaban J connectivity index is 1.54. The van der Waals surface area contributed by atoms with E-state index in [2.05, 4.69) is 10.2 Å². The van der Waals surface area contributed by atoms with Crippen LogP contribution in [-0.2, 0) is 17.9 Å². The van der Waals surface area contributed by atoms with Crippen LogP contribution in [-0.4, -0.2) is 37.1 Å². The van der Waals surface area contributed by atoms with Crippen LogP contribution in [0.15, 0.2) is 36.4 Å². The standard InChI is InChI=1S/C21H24F2N2O3/c1-14-12-25(13-16-6-7-17(27-2)10-19(16)28-14)9-8-20(26)24-11-15-4-3-5-18(22)21(15)23/h3-7,10,14H,8-9,11-13H2,1-2H3,(H,24,26). The van der Waals surface area contributed by atoms with Crippen molar-refractivity contribution in [3.05, 3.63) is 59.2 Å². The molecule has 0 aliphatic carbocycles. The summed E-state index contributed by atoms with van der Waals surface area (Å²) in [5, 5.41) is 2.65. The molecule has 1 aliphatic rings. The Morgan fingerprint density at radius 2 is 2.14 bits per heavy atom. The van der Waals surface area contributed by atoms with Gasteiger partial charge in [-0.05, 0) is 19.1 Å². The lowest BCUT2D eigenvalue weighted by atomic mass is 10.1. The van der Waals surface area contributed by atoms with Crippen molar-refractivity contribution in [2.24, 2.45) is 0 Å². The van der Waals surface area contributed by atoms with Crippen molar-refractivity contribution in [2.45, 2.75) is 32.5 Å². The zero-order valence-electron chi connectivity index (χ0n) is 16.0. The van der Waals surface area contributed by atoms with Crippen LogP contribution in [0.3, 0.4) is 0 Å². The number of hydrogen-bond acceptors (Lipinski definition) is 4. The quantitative estimate of drug-likeness (QED) is 0.823. The maximum atomic E-state index is 13.7. The Morgan fingerprint density at radius 3 is 2.93 bits per heavy atom. The van der Waals surface area contributed by atoms with Crippen LogP contribution in [0.4, 0.5) is 8.78 Å². The molecule has 28 heavy (non-hydrogen) atoms. The van der Waals surface area contributed by atoms with E-state index in [1.807, 2.05) is 25.1 Å². The third-order valence-electron chi connectivity index (χ3n) is 4.67. The van der Waals surface area contributed by atoms with Gasteiger partial charge >= 0.3 is 0 Å². The lowest BCUT2D eigenvalue weighted by Crippen LogP contribution is -2.34. The van der Waals surface area contributed by atoms with Crippen LogP contribution in [0.5, 0.6) is 11.5 Å². The van der Waals surface area contributed by atoms with E-state index >= 15 is 0 Å². The van der Waals surface area contributed by atoms with Crippen LogP contribution >= 0.6 is 0 Å². The highest BCUT2D eigenvalue weighted by atomic mass is 19.2. The van der Waals surface area contributed by atoms with E-state index in [-0.39, 0.29) is 30.5 Å². The fraction of sp³-hybridized carbons (Fsp3) is 0.381. The van der Waals surface area contributed by atoms with Gasteiger partial charge in [0, 0.05) is 49.8 Å². The van der Waals surface area contributed by atoms with E-state index in [1.54, 1.807) is 7.11 Å². The number of nitrogens with one attached hydrogen (secondary N) is 1. The molecule has 7 heteroatoms. The third-order valence-corrected chi connectivity index (χ3v) is 4.67. The Hall–Kier alpha value is -2.67. The highest BCUT2D eigenvalue weighted by molar-refractivity contribution is 5.76. The number of rotatable bonds is 6. The molecule has 0 saturated heterocycles. The summed E-state index contributed by atoms with van der Waals surface area (Å²) in [7, 11) is 1.61. The van der Waals surface area contributed by atoms with Crippen molar-refractivity contribution >= 4 is 5.91 Å². The summed E-state index contributed by atoms with van der Waals surface area (Å²) in [5.74, 6) is -0.519. The van der Waals surface area contributed by atoms with E-state index in [4.69, 9.17) is 9.47 Å². The predicted octanol–water partition coefficient (Wildman–Crippen LogP) is 3.26. The fourth-order valence-electron chi connectivity index (χ4n) is 3.22. The van der Waals surface area contributed by atoms with Crippen molar-refractivity contribution in [3.63, 3.8) is 0 Å². The van der Waals surface area contributed by atoms with Crippen LogP contribution in [0, 0.1) is 11.6 Å². The number of nitrogens with zero attached hydrogens (tertiary/aromatic N) is 1. The second kappa shape index (κ2) is 9.01. The third kappa shape index (κ3) is 4.98. The van der Waals surface area contributed by atoms with Gasteiger partial charge in [-0.1, -0.05) is 18.2 Å². The van der Waals surface area contributed by atoms with Crippen molar-refractivity contribution < 1.29 is 23.0 Å². The summed E-state index contributed by atoms with van der Waals surface area (Å²) < 4.78 is 38.1. The topological polar surface area (TPSA) is 50.8 Å². The van der Waals surface area contributed by atoms with E-state index in [0.717, 1.165) is 23.1 Å². The minimum Gasteiger partial charge on any atom is -0.497 e. The molecule has 2 aromatic carbocycles. The monoisotopic (exact) mass is 390 g/mol. The highest BCUT2D eigenvalue weighted by Crippen LogP contribution is 2.29. The first kappa shape index (κ1) is 20.1. The van der Waals surface area contributed by atoms with Gasteiger partial charge in [0.15, 0.2) is 11.6 Å². The summed E-state index contributed by atoms with van der Waals surface area (Å²) in [6.45, 7) is 3.83. The van der Waals surface area contributed by atoms with Crippen molar-refractivity contribution in [1.29, 1.82) is 0 Å². The fourth-order valence-corrected chi connectivity index (χ4v) is 3.22. The van der Waals surface area contributed by atoms with Gasteiger partial charge in [0.1, 0.15) is 17.6 Å². The molecule has 1 amide bonds. The number of hydrogen-bond donors (Lipinski definition) is 1. The summed E-state index contributed by atoms with van der Waals surface area (Å²) >= 11 is 0. The number of methoxy groups -OCH3 is 1. The minimum atomic E-state index is -0.923. The molecule has 0 spiro atoms. The van der Waals surface area contributed by atoms with Gasteiger partial charge in [-0.2, -0.15) is 0 Å². The normalized spacial score (nSPS) is 16.6. The van der Waals surface area contributed by atoms with E-state index < -0.39 is 11.6 Å². The SMILES string of the molecule is COc1ccc2c(c1)OC(C)CN(CCC(=O)NCc1cccc(F)c1F)C2. The number of carbonyl (C=O) groups is 1. The first-order chi connectivity index (χ1) is 13.5. The van der Waals surface area contributed by atoms with Crippen LogP contribution in [0.25, 0.3) is 0 Å². The van der Waals surface area contributed by atoms with Crippen molar-refractivity contribution in [2.75, 3.05) is 20.2 Å². The average Bonchev–Trinajstić information content (AvgIpc) is 2.84. The molecule has 1 atom stereocenters. The summed E-state index contributed by atoms with van der Waals surface area (Å²) in [4.78, 5) is 14.3. The van der Waals surface area contributed by atoms with Crippen LogP contribution in [0.1, 0.15) is 24.5 Å². The molecule has 5 nitrogen and oxygen atoms in total. The lowest BCUT2D eigenvalue weighted by Gasteiger charge is -2.21. The molecular formula is C21H24F2N2O3. The Kier molecular flexibility index (Phi) is 6.46. The number of ether oxygens (including phenoxy) is 2. The first-order valence-corrected chi connectivity index (χ1v) is 9.21. The maximum absolute atomic E-state index is 13.7. The molecule has 1 heterocycles. The number of benzene rings is 2. The number of halogens is 2. The molecule has 0 radical (unpaired) electrons. The molecule has 3 rings (SSSR count). The van der Waals surface area contributed by atoms with E-state index in [1.165, 1.54) is 12.1 Å². The predicted molar refractivity (Wildman–Crippen MR) is 101 cm³/mol. The van der Waals surface area contributed by atoms with Gasteiger partial charge in [0.2, 0.25) is 5.91 Å². The molecule has 1 unspecified atom stereocenters. The molecule has 2 aromatic rings. The zero-order chi connectivity index (χ0) is 20.1. The van der Waals surface area contributed by atoms with Gasteiger partial charge in [-0.15, -0.1) is 0 Å². The van der Waals surface area contributed by atoms with Gasteiger partial charge < -0.3 is 14.8 Å². The van der Waals surface area contributed by atoms with E-state index in [9.17, 15) is 13.6 Å². The molecule has 1 aliphatic heterocycles. The molecule has 150 valence electrons. The maximum Gasteiger partial charge on any atom is 0.221 e. The van der Waals surface area contributed by atoms with E-state index in [0.29, 0.717) is 19.6 Å². The Bertz CT molecular complexity index is 844. The Morgan fingerprint density at radius 1 is 1.32 bits per heavy atom. The van der Waals surface area contributed by atoms with Crippen molar-refractivity contribution in [3.8, 4) is 11.5 Å². The number of carbonyl (C=O) groups excluding carboxylic acids is 1. The molecule has 1 N–H and O–H groups in total. The van der Waals surface area contributed by atoms with Gasteiger partial charge in [0.05, 0.1) is 7.11 Å². The molecule has 0 aromatic heterocycles. The second-order valence-electron chi connectivity index (χ2n) is 6.88. The van der Waals surface area contributed by atoms with Gasteiger partial charge in [-0.3, -0.25) is 9.69 Å². The van der Waals surface area contributed by atoms with Crippen LogP contribution in [0.2, 0.25) is 0 Å². The average molecular weight is 390 g/mol. The Labute approximate surface area is 163 Å². The lowest BCUT2D eigenvalue weighted by molar-refractivity contribution is -0.121. The molecule has 0 bridgehead atoms. The highest BCUT2D eigenvalue weighted by Gasteiger charge is 2.21. The summed E-state index contributed by atoms with van der Waals surface area (Å²) in [5.41, 5.74) is 1.17. The van der Waals surface area contributed by atoms with Gasteiger partial charge in [-0.25, -0.2) is 8.78 Å². The number of fused-ring (bicyclic) bond motifs is 1. The molecular weight excluding hydrogens is 366 g/mol. The molecule has 0 saturated carbocycles. The summed E-state index contributed by atoms with van der Waals surface area (Å²) in [6.07, 6.45) is 0.229. The number of amides is 1. The smallest absolute Gasteiger partial charge is 0.221 e. The second-order valence-corrected chi connectivity index (χ2v) is 6.88. The van der Waals surface area contributed by atoms with Crippen LogP contribution < -0.4 is 14.8 Å². The zero-order valence-corrected chi connectivity index (χ0v) is 16.0. The first-order valence-electron chi connectivity index (χ1n) is 9.21. The van der Waals surface area contributed by atoms with Gasteiger partial charge in [0.25, 0.3) is 0 Å². The molecule has 0 fully saturated rings. The minimum absolute atomic E-state index is 0.0298. The summed E-state index contributed by atoms with van der Waals surface area (Å²) in [6, 6.07) is 9.65. The van der Waals surface area contributed by atoms with Crippen molar-refractivity contribution in [1.82, 2.24) is 10.2 Å². The largest absolute Gasteiger partial charge is 0.497 e.